The predicted octanol–water partition coefficient (Wildman–Crippen LogP) is -1.44. The van der Waals surface area contributed by atoms with Crippen LogP contribution in [0.3, 0.4) is 0 Å². The molecule has 0 aliphatic carbocycles. The summed E-state index contributed by atoms with van der Waals surface area (Å²) in [6.45, 7) is 10.5. The third-order valence-electron chi connectivity index (χ3n) is 3.71. The van der Waals surface area contributed by atoms with Crippen LogP contribution in [0.5, 0.6) is 0 Å². The molecule has 1 atom stereocenters. The summed E-state index contributed by atoms with van der Waals surface area (Å²) in [5.74, 6) is 0.617. The SMILES string of the molecule is CCNC(=NCC(C)(O)CN1CCOCC1)NCCNS(=O)(=O)CC. The fourth-order valence-electron chi connectivity index (χ4n) is 2.37. The average molecular weight is 380 g/mol. The van der Waals surface area contributed by atoms with Gasteiger partial charge in [0.05, 0.1) is 31.1 Å². The van der Waals surface area contributed by atoms with Crippen molar-refractivity contribution in [1.82, 2.24) is 20.3 Å². The van der Waals surface area contributed by atoms with Gasteiger partial charge < -0.3 is 20.5 Å². The number of hydrogen-bond acceptors (Lipinski definition) is 6. The van der Waals surface area contributed by atoms with Crippen LogP contribution in [0.2, 0.25) is 0 Å². The highest BCUT2D eigenvalue weighted by molar-refractivity contribution is 7.89. The Kier molecular flexibility index (Phi) is 9.65. The minimum atomic E-state index is -3.19. The maximum atomic E-state index is 11.4. The van der Waals surface area contributed by atoms with Gasteiger partial charge in [-0.05, 0) is 20.8 Å². The Hall–Kier alpha value is -0.940. The second kappa shape index (κ2) is 10.9. The summed E-state index contributed by atoms with van der Waals surface area (Å²) in [6, 6.07) is 0. The molecular weight excluding hydrogens is 346 g/mol. The van der Waals surface area contributed by atoms with Gasteiger partial charge in [0.2, 0.25) is 10.0 Å². The molecule has 1 rings (SSSR count). The molecule has 4 N–H and O–H groups in total. The number of morpholine rings is 1. The highest BCUT2D eigenvalue weighted by Gasteiger charge is 2.25. The molecule has 1 unspecified atom stereocenters. The Bertz CT molecular complexity index is 504. The molecule has 1 aliphatic rings. The smallest absolute Gasteiger partial charge is 0.211 e. The molecule has 1 saturated heterocycles. The quantitative estimate of drug-likeness (QED) is 0.209. The Balaban J connectivity index is 2.44. The number of hydrogen-bond donors (Lipinski definition) is 4. The van der Waals surface area contributed by atoms with Gasteiger partial charge in [-0.25, -0.2) is 13.1 Å². The van der Waals surface area contributed by atoms with Gasteiger partial charge in [0.25, 0.3) is 0 Å². The van der Waals surface area contributed by atoms with Crippen LogP contribution in [0.25, 0.3) is 0 Å². The minimum absolute atomic E-state index is 0.0611. The maximum absolute atomic E-state index is 11.4. The highest BCUT2D eigenvalue weighted by Crippen LogP contribution is 2.09. The molecule has 1 fully saturated rings. The average Bonchev–Trinajstić information content (AvgIpc) is 2.57. The summed E-state index contributed by atoms with van der Waals surface area (Å²) in [6.07, 6.45) is 0. The number of aliphatic hydroxyl groups is 1. The van der Waals surface area contributed by atoms with Crippen molar-refractivity contribution >= 4 is 16.0 Å². The first-order valence-electron chi connectivity index (χ1n) is 8.80. The van der Waals surface area contributed by atoms with E-state index in [4.69, 9.17) is 4.74 Å². The maximum Gasteiger partial charge on any atom is 0.211 e. The zero-order chi connectivity index (χ0) is 18.8. The minimum Gasteiger partial charge on any atom is -0.387 e. The third kappa shape index (κ3) is 9.95. The number of rotatable bonds is 10. The standard InChI is InChI=1S/C15H33N5O4S/c1-4-16-14(17-6-7-19-25(22,23)5-2)18-12-15(3,21)13-20-8-10-24-11-9-20/h19,21H,4-13H2,1-3H3,(H2,16,17,18). The predicted molar refractivity (Wildman–Crippen MR) is 99.3 cm³/mol. The van der Waals surface area contributed by atoms with Crippen molar-refractivity contribution in [3.8, 4) is 0 Å². The van der Waals surface area contributed by atoms with Gasteiger partial charge in [-0.15, -0.1) is 0 Å². The first kappa shape index (κ1) is 22.1. The topological polar surface area (TPSA) is 115 Å². The molecule has 0 aromatic carbocycles. The lowest BCUT2D eigenvalue weighted by Gasteiger charge is -2.33. The molecule has 0 saturated carbocycles. The van der Waals surface area contributed by atoms with Gasteiger partial charge in [0, 0.05) is 39.3 Å². The number of sulfonamides is 1. The van der Waals surface area contributed by atoms with E-state index in [0.29, 0.717) is 38.8 Å². The molecule has 9 nitrogen and oxygen atoms in total. The molecule has 0 spiro atoms. The van der Waals surface area contributed by atoms with Crippen molar-refractivity contribution in [1.29, 1.82) is 0 Å². The van der Waals surface area contributed by atoms with E-state index in [1.807, 2.05) is 6.92 Å². The fourth-order valence-corrected chi connectivity index (χ4v) is 2.99. The van der Waals surface area contributed by atoms with E-state index in [0.717, 1.165) is 13.1 Å². The van der Waals surface area contributed by atoms with E-state index in [-0.39, 0.29) is 18.8 Å². The number of nitrogens with one attached hydrogen (secondary N) is 3. The molecule has 10 heteroatoms. The van der Waals surface area contributed by atoms with E-state index >= 15 is 0 Å². The Morgan fingerprint density at radius 1 is 1.24 bits per heavy atom. The van der Waals surface area contributed by atoms with Crippen LogP contribution in [0.15, 0.2) is 4.99 Å². The van der Waals surface area contributed by atoms with Gasteiger partial charge in [0.15, 0.2) is 5.96 Å². The van der Waals surface area contributed by atoms with Crippen LogP contribution in [-0.2, 0) is 14.8 Å². The van der Waals surface area contributed by atoms with E-state index in [2.05, 4.69) is 25.2 Å². The van der Waals surface area contributed by atoms with Crippen LogP contribution >= 0.6 is 0 Å². The van der Waals surface area contributed by atoms with Gasteiger partial charge >= 0.3 is 0 Å². The van der Waals surface area contributed by atoms with Crippen LogP contribution < -0.4 is 15.4 Å². The van der Waals surface area contributed by atoms with Crippen LogP contribution in [-0.4, -0.2) is 94.8 Å². The monoisotopic (exact) mass is 379 g/mol. The fraction of sp³-hybridized carbons (Fsp3) is 0.933. The number of β-amino-alcohol motifs (C(OH)–C–C–N with tert-alkyl or cyclic N) is 1. The van der Waals surface area contributed by atoms with Crippen LogP contribution in [0, 0.1) is 0 Å². The molecule has 0 aromatic heterocycles. The summed E-state index contributed by atoms with van der Waals surface area (Å²) < 4.78 is 30.6. The number of ether oxygens (including phenoxy) is 1. The van der Waals surface area contributed by atoms with E-state index in [9.17, 15) is 13.5 Å². The third-order valence-corrected chi connectivity index (χ3v) is 5.11. The zero-order valence-corrected chi connectivity index (χ0v) is 16.4. The summed E-state index contributed by atoms with van der Waals surface area (Å²) in [5.41, 5.74) is -0.941. The highest BCUT2D eigenvalue weighted by atomic mass is 32.2. The summed E-state index contributed by atoms with van der Waals surface area (Å²) in [7, 11) is -3.19. The zero-order valence-electron chi connectivity index (χ0n) is 15.5. The van der Waals surface area contributed by atoms with E-state index in [1.54, 1.807) is 13.8 Å². The Morgan fingerprint density at radius 3 is 2.52 bits per heavy atom. The van der Waals surface area contributed by atoms with Crippen molar-refractivity contribution in [3.63, 3.8) is 0 Å². The van der Waals surface area contributed by atoms with E-state index in [1.165, 1.54) is 0 Å². The summed E-state index contributed by atoms with van der Waals surface area (Å²) in [5, 5.41) is 16.7. The molecule has 0 bridgehead atoms. The molecule has 0 aromatic rings. The number of nitrogens with zero attached hydrogens (tertiary/aromatic N) is 2. The second-order valence-electron chi connectivity index (χ2n) is 6.31. The van der Waals surface area contributed by atoms with Crippen molar-refractivity contribution in [2.75, 3.05) is 64.8 Å². The molecule has 148 valence electrons. The van der Waals surface area contributed by atoms with Crippen molar-refractivity contribution in [3.05, 3.63) is 0 Å². The Morgan fingerprint density at radius 2 is 1.92 bits per heavy atom. The molecule has 0 amide bonds. The summed E-state index contributed by atoms with van der Waals surface area (Å²) >= 11 is 0. The van der Waals surface area contributed by atoms with Gasteiger partial charge in [-0.3, -0.25) is 9.89 Å². The van der Waals surface area contributed by atoms with Crippen molar-refractivity contribution < 1.29 is 18.3 Å². The first-order chi connectivity index (χ1) is 11.8. The summed E-state index contributed by atoms with van der Waals surface area (Å²) in [4.78, 5) is 6.58. The first-order valence-corrected chi connectivity index (χ1v) is 10.4. The van der Waals surface area contributed by atoms with Crippen molar-refractivity contribution in [2.45, 2.75) is 26.4 Å². The lowest BCUT2D eigenvalue weighted by Crippen LogP contribution is -2.48. The largest absolute Gasteiger partial charge is 0.387 e. The lowest BCUT2D eigenvalue weighted by molar-refractivity contribution is -0.0179. The molecular formula is C15H33N5O4S. The van der Waals surface area contributed by atoms with Gasteiger partial charge in [0.1, 0.15) is 0 Å². The number of guanidine groups is 1. The molecule has 25 heavy (non-hydrogen) atoms. The molecule has 1 heterocycles. The normalized spacial score (nSPS) is 19.4. The van der Waals surface area contributed by atoms with Gasteiger partial charge in [-0.1, -0.05) is 0 Å². The van der Waals surface area contributed by atoms with Crippen molar-refractivity contribution in [2.24, 2.45) is 4.99 Å². The molecule has 0 radical (unpaired) electrons. The van der Waals surface area contributed by atoms with Crippen LogP contribution in [0.4, 0.5) is 0 Å². The number of aliphatic imine (C=N–C) groups is 1. The van der Waals surface area contributed by atoms with Gasteiger partial charge in [-0.2, -0.15) is 0 Å². The van der Waals surface area contributed by atoms with Crippen LogP contribution in [0.1, 0.15) is 20.8 Å². The second-order valence-corrected chi connectivity index (χ2v) is 8.40. The molecule has 1 aliphatic heterocycles. The Labute approximate surface area is 151 Å². The lowest BCUT2D eigenvalue weighted by atomic mass is 10.1. The van der Waals surface area contributed by atoms with E-state index < -0.39 is 15.6 Å².